The van der Waals surface area contributed by atoms with Gasteiger partial charge < -0.3 is 9.84 Å². The van der Waals surface area contributed by atoms with Crippen LogP contribution < -0.4 is 5.32 Å². The lowest BCUT2D eigenvalue weighted by atomic mass is 9.98. The molecule has 0 amide bonds. The second-order valence-corrected chi connectivity index (χ2v) is 5.83. The minimum absolute atomic E-state index is 0.663. The van der Waals surface area contributed by atoms with Crippen LogP contribution in [-0.4, -0.2) is 11.2 Å². The zero-order chi connectivity index (χ0) is 13.2. The van der Waals surface area contributed by atoms with Crippen molar-refractivity contribution in [3.63, 3.8) is 0 Å². The van der Waals surface area contributed by atoms with E-state index in [1.165, 1.54) is 70.6 Å². The maximum Gasteiger partial charge on any atom is 0.124 e. The monoisotopic (exact) mass is 264 g/mol. The summed E-state index contributed by atoms with van der Waals surface area (Å²) in [6.45, 7) is 0.848. The zero-order valence-electron chi connectivity index (χ0n) is 12.1. The molecule has 1 aromatic rings. The average molecular weight is 264 g/mol. The number of hydrogen-bond acceptors (Lipinski definition) is 3. The van der Waals surface area contributed by atoms with E-state index < -0.39 is 0 Å². The summed E-state index contributed by atoms with van der Waals surface area (Å²) in [4.78, 5) is 0. The van der Waals surface area contributed by atoms with Crippen LogP contribution in [0.4, 0.5) is 0 Å². The van der Waals surface area contributed by atoms with Crippen LogP contribution in [0.15, 0.2) is 16.9 Å². The number of hydrogen-bond donors (Lipinski definition) is 1. The maximum atomic E-state index is 4.88. The normalized spacial score (nSPS) is 20.6. The smallest absolute Gasteiger partial charge is 0.124 e. The summed E-state index contributed by atoms with van der Waals surface area (Å²) in [7, 11) is 0. The molecule has 3 heteroatoms. The van der Waals surface area contributed by atoms with E-state index in [2.05, 4.69) is 10.5 Å². The van der Waals surface area contributed by atoms with Gasteiger partial charge in [0, 0.05) is 18.7 Å². The lowest BCUT2D eigenvalue weighted by Crippen LogP contribution is -2.28. The average Bonchev–Trinajstić information content (AvgIpc) is 2.91. The third-order valence-electron chi connectivity index (χ3n) is 4.17. The van der Waals surface area contributed by atoms with Gasteiger partial charge in [0.05, 0.1) is 5.69 Å². The van der Waals surface area contributed by atoms with Gasteiger partial charge in [0.2, 0.25) is 0 Å². The minimum Gasteiger partial charge on any atom is -0.364 e. The second kappa shape index (κ2) is 9.13. The molecule has 1 aliphatic carbocycles. The van der Waals surface area contributed by atoms with Gasteiger partial charge >= 0.3 is 0 Å². The Balaban J connectivity index is 1.71. The van der Waals surface area contributed by atoms with Crippen LogP contribution in [-0.2, 0) is 6.54 Å². The molecule has 0 unspecified atom stereocenters. The van der Waals surface area contributed by atoms with E-state index in [9.17, 15) is 0 Å². The Kier molecular flexibility index (Phi) is 7.01. The van der Waals surface area contributed by atoms with Crippen molar-refractivity contribution < 1.29 is 4.52 Å². The highest BCUT2D eigenvalue weighted by Gasteiger charge is 2.09. The largest absolute Gasteiger partial charge is 0.364 e. The van der Waals surface area contributed by atoms with Crippen molar-refractivity contribution in [2.45, 2.75) is 83.2 Å². The van der Waals surface area contributed by atoms with Crippen LogP contribution in [0, 0.1) is 0 Å². The van der Waals surface area contributed by atoms with Gasteiger partial charge in [0.25, 0.3) is 0 Å². The van der Waals surface area contributed by atoms with Crippen molar-refractivity contribution in [1.29, 1.82) is 0 Å². The van der Waals surface area contributed by atoms with Crippen LogP contribution in [0.2, 0.25) is 0 Å². The Morgan fingerprint density at radius 3 is 2.05 bits per heavy atom. The third-order valence-corrected chi connectivity index (χ3v) is 4.17. The highest BCUT2D eigenvalue weighted by Crippen LogP contribution is 2.17. The SMILES string of the molecule is c1cc(CNC2CCCCCCCCCCC2)no1. The Morgan fingerprint density at radius 1 is 0.947 bits per heavy atom. The Bertz CT molecular complexity index is 299. The third kappa shape index (κ3) is 6.24. The summed E-state index contributed by atoms with van der Waals surface area (Å²) in [6.07, 6.45) is 17.0. The van der Waals surface area contributed by atoms with E-state index in [1.807, 2.05) is 6.07 Å². The van der Waals surface area contributed by atoms with Crippen molar-refractivity contribution in [3.8, 4) is 0 Å². The fourth-order valence-electron chi connectivity index (χ4n) is 2.95. The second-order valence-electron chi connectivity index (χ2n) is 5.83. The number of nitrogens with zero attached hydrogens (tertiary/aromatic N) is 1. The molecule has 0 aromatic carbocycles. The molecular weight excluding hydrogens is 236 g/mol. The Morgan fingerprint density at radius 2 is 1.53 bits per heavy atom. The molecule has 19 heavy (non-hydrogen) atoms. The van der Waals surface area contributed by atoms with Crippen molar-refractivity contribution in [1.82, 2.24) is 10.5 Å². The molecule has 1 heterocycles. The molecule has 1 fully saturated rings. The summed E-state index contributed by atoms with van der Waals surface area (Å²) in [5, 5.41) is 7.62. The van der Waals surface area contributed by atoms with Gasteiger partial charge in [-0.15, -0.1) is 0 Å². The van der Waals surface area contributed by atoms with Crippen LogP contribution in [0.25, 0.3) is 0 Å². The summed E-state index contributed by atoms with van der Waals surface area (Å²) in [5.41, 5.74) is 1.02. The van der Waals surface area contributed by atoms with Crippen LogP contribution in [0.5, 0.6) is 0 Å². The van der Waals surface area contributed by atoms with E-state index in [1.54, 1.807) is 6.26 Å². The fourth-order valence-corrected chi connectivity index (χ4v) is 2.95. The van der Waals surface area contributed by atoms with Gasteiger partial charge in [-0.05, 0) is 12.8 Å². The molecule has 0 saturated heterocycles. The first-order valence-electron chi connectivity index (χ1n) is 8.08. The molecule has 2 rings (SSSR count). The quantitative estimate of drug-likeness (QED) is 0.877. The van der Waals surface area contributed by atoms with E-state index in [0.717, 1.165) is 12.2 Å². The van der Waals surface area contributed by atoms with Crippen molar-refractivity contribution in [2.24, 2.45) is 0 Å². The minimum atomic E-state index is 0.663. The first-order chi connectivity index (χ1) is 9.45. The number of rotatable bonds is 3. The van der Waals surface area contributed by atoms with Crippen molar-refractivity contribution in [3.05, 3.63) is 18.0 Å². The Labute approximate surface area is 117 Å². The summed E-state index contributed by atoms with van der Waals surface area (Å²) < 4.78 is 4.88. The number of aromatic nitrogens is 1. The topological polar surface area (TPSA) is 38.1 Å². The van der Waals surface area contributed by atoms with Crippen LogP contribution in [0.3, 0.4) is 0 Å². The lowest BCUT2D eigenvalue weighted by Gasteiger charge is -2.19. The van der Waals surface area contributed by atoms with Gasteiger partial charge in [-0.25, -0.2) is 0 Å². The predicted molar refractivity (Wildman–Crippen MR) is 77.9 cm³/mol. The highest BCUT2D eigenvalue weighted by molar-refractivity contribution is 4.94. The van der Waals surface area contributed by atoms with Crippen molar-refractivity contribution in [2.75, 3.05) is 0 Å². The molecule has 0 aliphatic heterocycles. The summed E-state index contributed by atoms with van der Waals surface area (Å²) >= 11 is 0. The molecular formula is C16H28N2O. The Hall–Kier alpha value is -0.830. The van der Waals surface area contributed by atoms with Gasteiger partial charge in [-0.3, -0.25) is 0 Å². The lowest BCUT2D eigenvalue weighted by molar-refractivity contribution is 0.383. The van der Waals surface area contributed by atoms with Gasteiger partial charge in [-0.2, -0.15) is 0 Å². The maximum absolute atomic E-state index is 4.88. The molecule has 1 saturated carbocycles. The molecule has 1 aromatic heterocycles. The van der Waals surface area contributed by atoms with E-state index in [4.69, 9.17) is 4.52 Å². The summed E-state index contributed by atoms with van der Waals surface area (Å²) in [5.74, 6) is 0. The van der Waals surface area contributed by atoms with E-state index in [0.29, 0.717) is 6.04 Å². The summed E-state index contributed by atoms with van der Waals surface area (Å²) in [6, 6.07) is 2.61. The standard InChI is InChI=1S/C16H28N2O/c1-2-4-6-8-10-15(11-9-7-5-3-1)17-14-16-12-13-19-18-16/h12-13,15,17H,1-11,14H2. The molecule has 0 atom stereocenters. The molecule has 0 bridgehead atoms. The first kappa shape index (κ1) is 14.6. The predicted octanol–water partition coefficient (Wildman–Crippen LogP) is 4.44. The highest BCUT2D eigenvalue weighted by atomic mass is 16.5. The molecule has 3 nitrogen and oxygen atoms in total. The zero-order valence-corrected chi connectivity index (χ0v) is 12.1. The molecule has 1 aliphatic rings. The van der Waals surface area contributed by atoms with Gasteiger partial charge in [0.1, 0.15) is 6.26 Å². The van der Waals surface area contributed by atoms with Crippen LogP contribution >= 0.6 is 0 Å². The number of nitrogens with one attached hydrogen (secondary N) is 1. The van der Waals surface area contributed by atoms with Crippen LogP contribution in [0.1, 0.15) is 76.3 Å². The molecule has 0 radical (unpaired) electrons. The van der Waals surface area contributed by atoms with Gasteiger partial charge in [0.15, 0.2) is 0 Å². The van der Waals surface area contributed by atoms with Crippen molar-refractivity contribution >= 4 is 0 Å². The molecule has 0 spiro atoms. The van der Waals surface area contributed by atoms with Gasteiger partial charge in [-0.1, -0.05) is 62.9 Å². The molecule has 108 valence electrons. The fraction of sp³-hybridized carbons (Fsp3) is 0.812. The van der Waals surface area contributed by atoms with E-state index in [-0.39, 0.29) is 0 Å². The molecule has 1 N–H and O–H groups in total. The first-order valence-corrected chi connectivity index (χ1v) is 8.08. The van der Waals surface area contributed by atoms with E-state index >= 15 is 0 Å².